The molecule has 54 valence electrons. The lowest BCUT2D eigenvalue weighted by Gasteiger charge is -2.12. The summed E-state index contributed by atoms with van der Waals surface area (Å²) in [5.74, 6) is 1.97. The van der Waals surface area contributed by atoms with Crippen molar-refractivity contribution in [3.8, 4) is 12.3 Å². The van der Waals surface area contributed by atoms with Gasteiger partial charge in [-0.25, -0.2) is 8.42 Å². The first-order valence-corrected chi connectivity index (χ1v) is 4.67. The molecule has 0 saturated heterocycles. The SMILES string of the molecule is C#CCS(=O)(=O)C1=CCC1. The summed E-state index contributed by atoms with van der Waals surface area (Å²) in [6.07, 6.45) is 8.13. The molecule has 1 aliphatic carbocycles. The van der Waals surface area contributed by atoms with E-state index in [9.17, 15) is 8.42 Å². The summed E-state index contributed by atoms with van der Waals surface area (Å²) in [6.45, 7) is 0. The lowest BCUT2D eigenvalue weighted by atomic mass is 10.1. The van der Waals surface area contributed by atoms with Crippen molar-refractivity contribution < 1.29 is 8.42 Å². The van der Waals surface area contributed by atoms with Crippen LogP contribution in [-0.4, -0.2) is 14.2 Å². The molecule has 3 heteroatoms. The van der Waals surface area contributed by atoms with Crippen LogP contribution < -0.4 is 0 Å². The summed E-state index contributed by atoms with van der Waals surface area (Å²) in [6, 6.07) is 0. The Kier molecular flexibility index (Phi) is 1.82. The van der Waals surface area contributed by atoms with Crippen molar-refractivity contribution in [3.05, 3.63) is 11.0 Å². The molecule has 0 saturated carbocycles. The zero-order valence-corrected chi connectivity index (χ0v) is 6.32. The third-order valence-corrected chi connectivity index (χ3v) is 3.15. The van der Waals surface area contributed by atoms with E-state index in [4.69, 9.17) is 6.42 Å². The predicted molar refractivity (Wildman–Crippen MR) is 39.9 cm³/mol. The van der Waals surface area contributed by atoms with Gasteiger partial charge in [0.25, 0.3) is 0 Å². The van der Waals surface area contributed by atoms with Gasteiger partial charge in [-0.2, -0.15) is 0 Å². The first kappa shape index (κ1) is 7.36. The monoisotopic (exact) mass is 156 g/mol. The summed E-state index contributed by atoms with van der Waals surface area (Å²) in [7, 11) is -3.05. The van der Waals surface area contributed by atoms with Crippen LogP contribution in [0.4, 0.5) is 0 Å². The van der Waals surface area contributed by atoms with Gasteiger partial charge in [0.2, 0.25) is 0 Å². The quantitative estimate of drug-likeness (QED) is 0.552. The van der Waals surface area contributed by atoms with Crippen LogP contribution in [0.5, 0.6) is 0 Å². The molecule has 1 rings (SSSR count). The minimum atomic E-state index is -3.05. The van der Waals surface area contributed by atoms with Gasteiger partial charge in [0.05, 0.1) is 0 Å². The number of rotatable bonds is 2. The van der Waals surface area contributed by atoms with Gasteiger partial charge in [-0.05, 0) is 12.8 Å². The Labute approximate surface area is 60.9 Å². The molecule has 0 aromatic heterocycles. The van der Waals surface area contributed by atoms with Gasteiger partial charge in [0, 0.05) is 4.91 Å². The van der Waals surface area contributed by atoms with Gasteiger partial charge in [-0.1, -0.05) is 12.0 Å². The second-order valence-corrected chi connectivity index (χ2v) is 4.21. The lowest BCUT2D eigenvalue weighted by Crippen LogP contribution is -2.11. The summed E-state index contributed by atoms with van der Waals surface area (Å²) in [4.78, 5) is 0.519. The number of sulfone groups is 1. The Bertz CT molecular complexity index is 290. The normalized spacial score (nSPS) is 16.9. The van der Waals surface area contributed by atoms with Crippen molar-refractivity contribution in [1.82, 2.24) is 0 Å². The van der Waals surface area contributed by atoms with Crippen LogP contribution in [-0.2, 0) is 9.84 Å². The fourth-order valence-corrected chi connectivity index (χ4v) is 1.95. The number of hydrogen-bond acceptors (Lipinski definition) is 2. The van der Waals surface area contributed by atoms with Crippen molar-refractivity contribution in [2.45, 2.75) is 12.8 Å². The van der Waals surface area contributed by atoms with E-state index in [2.05, 4.69) is 5.92 Å². The molecule has 0 heterocycles. The van der Waals surface area contributed by atoms with E-state index >= 15 is 0 Å². The lowest BCUT2D eigenvalue weighted by molar-refractivity contribution is 0.601. The zero-order valence-electron chi connectivity index (χ0n) is 5.50. The standard InChI is InChI=1S/C7H8O2S/c1-2-6-10(8,9)7-4-3-5-7/h1,4H,3,5-6H2. The maximum atomic E-state index is 11.0. The van der Waals surface area contributed by atoms with Gasteiger partial charge in [0.1, 0.15) is 5.75 Å². The zero-order chi connectivity index (χ0) is 7.61. The van der Waals surface area contributed by atoms with E-state index in [-0.39, 0.29) is 5.75 Å². The van der Waals surface area contributed by atoms with E-state index in [0.717, 1.165) is 6.42 Å². The molecule has 0 bridgehead atoms. The van der Waals surface area contributed by atoms with Gasteiger partial charge >= 0.3 is 0 Å². The van der Waals surface area contributed by atoms with Crippen molar-refractivity contribution in [3.63, 3.8) is 0 Å². The minimum absolute atomic E-state index is 0.154. The molecule has 10 heavy (non-hydrogen) atoms. The maximum absolute atomic E-state index is 11.0. The molecular weight excluding hydrogens is 148 g/mol. The summed E-state index contributed by atoms with van der Waals surface area (Å²) >= 11 is 0. The van der Waals surface area contributed by atoms with Crippen LogP contribution in [0.1, 0.15) is 12.8 Å². The Morgan fingerprint density at radius 3 is 2.60 bits per heavy atom. The fraction of sp³-hybridized carbons (Fsp3) is 0.429. The Balaban J connectivity index is 2.81. The number of hydrogen-bond donors (Lipinski definition) is 0. The molecule has 1 aliphatic rings. The Morgan fingerprint density at radius 1 is 1.70 bits per heavy atom. The topological polar surface area (TPSA) is 34.1 Å². The second kappa shape index (κ2) is 2.47. The van der Waals surface area contributed by atoms with E-state index in [1.807, 2.05) is 0 Å². The maximum Gasteiger partial charge on any atom is 0.185 e. The average Bonchev–Trinajstić information content (AvgIpc) is 1.56. The van der Waals surface area contributed by atoms with Crippen LogP contribution in [0.3, 0.4) is 0 Å². The molecule has 0 radical (unpaired) electrons. The predicted octanol–water partition coefficient (Wildman–Crippen LogP) is 0.712. The largest absolute Gasteiger partial charge is 0.223 e. The van der Waals surface area contributed by atoms with Gasteiger partial charge < -0.3 is 0 Å². The molecule has 0 aromatic carbocycles. The third kappa shape index (κ3) is 1.22. The molecule has 0 N–H and O–H groups in total. The highest BCUT2D eigenvalue weighted by Crippen LogP contribution is 2.23. The molecule has 0 atom stereocenters. The first-order valence-electron chi connectivity index (χ1n) is 3.02. The molecule has 0 aromatic rings. The Morgan fingerprint density at radius 2 is 2.30 bits per heavy atom. The van der Waals surface area contributed by atoms with E-state index < -0.39 is 9.84 Å². The number of terminal acetylenes is 1. The minimum Gasteiger partial charge on any atom is -0.223 e. The molecule has 2 nitrogen and oxygen atoms in total. The third-order valence-electron chi connectivity index (χ3n) is 1.44. The molecule has 0 aliphatic heterocycles. The van der Waals surface area contributed by atoms with Gasteiger partial charge in [-0.15, -0.1) is 6.42 Å². The van der Waals surface area contributed by atoms with Gasteiger partial charge in [0.15, 0.2) is 9.84 Å². The molecule has 0 fully saturated rings. The average molecular weight is 156 g/mol. The summed E-state index contributed by atoms with van der Waals surface area (Å²) in [5.41, 5.74) is 0. The van der Waals surface area contributed by atoms with Crippen LogP contribution in [0.2, 0.25) is 0 Å². The van der Waals surface area contributed by atoms with E-state index in [1.54, 1.807) is 6.08 Å². The van der Waals surface area contributed by atoms with E-state index in [0.29, 0.717) is 11.3 Å². The summed E-state index contributed by atoms with van der Waals surface area (Å²) in [5, 5.41) is 0. The van der Waals surface area contributed by atoms with Crippen molar-refractivity contribution in [2.24, 2.45) is 0 Å². The number of allylic oxidation sites excluding steroid dienone is 2. The molecule has 0 amide bonds. The fourth-order valence-electron chi connectivity index (χ4n) is 0.747. The molecular formula is C7H8O2S. The smallest absolute Gasteiger partial charge is 0.185 e. The highest BCUT2D eigenvalue weighted by atomic mass is 32.2. The molecule has 0 spiro atoms. The van der Waals surface area contributed by atoms with Gasteiger partial charge in [-0.3, -0.25) is 0 Å². The summed E-state index contributed by atoms with van der Waals surface area (Å²) < 4.78 is 22.0. The van der Waals surface area contributed by atoms with Crippen molar-refractivity contribution >= 4 is 9.84 Å². The molecule has 0 unspecified atom stereocenters. The van der Waals surface area contributed by atoms with Crippen LogP contribution in [0.15, 0.2) is 11.0 Å². The van der Waals surface area contributed by atoms with Crippen molar-refractivity contribution in [1.29, 1.82) is 0 Å². The highest BCUT2D eigenvalue weighted by molar-refractivity contribution is 7.95. The highest BCUT2D eigenvalue weighted by Gasteiger charge is 2.20. The van der Waals surface area contributed by atoms with Crippen molar-refractivity contribution in [2.75, 3.05) is 5.75 Å². The van der Waals surface area contributed by atoms with Crippen LogP contribution in [0.25, 0.3) is 0 Å². The van der Waals surface area contributed by atoms with Crippen LogP contribution in [0, 0.1) is 12.3 Å². The second-order valence-electron chi connectivity index (χ2n) is 2.17. The Hall–Kier alpha value is -0.750. The van der Waals surface area contributed by atoms with E-state index in [1.165, 1.54) is 0 Å². The van der Waals surface area contributed by atoms with Crippen LogP contribution >= 0.6 is 0 Å². The first-order chi connectivity index (χ1) is 4.67.